The van der Waals surface area contributed by atoms with Gasteiger partial charge < -0.3 is 9.64 Å². The van der Waals surface area contributed by atoms with E-state index in [1.54, 1.807) is 13.8 Å². The summed E-state index contributed by atoms with van der Waals surface area (Å²) in [5.41, 5.74) is -0.665. The molecule has 6 nitrogen and oxygen atoms in total. The van der Waals surface area contributed by atoms with Crippen molar-refractivity contribution in [3.8, 4) is 12.1 Å². The first-order chi connectivity index (χ1) is 9.44. The number of carbonyl (C=O) groups excluding carboxylic acids is 1. The van der Waals surface area contributed by atoms with E-state index in [1.807, 2.05) is 18.8 Å². The molecule has 0 saturated carbocycles. The lowest BCUT2D eigenvalue weighted by Crippen LogP contribution is -2.50. The number of ether oxygens (including phenoxy) is 1. The molecule has 1 atom stereocenters. The molecule has 1 aliphatic heterocycles. The predicted octanol–water partition coefficient (Wildman–Crippen LogP) is 0.0873. The molecule has 20 heavy (non-hydrogen) atoms. The Kier molecular flexibility index (Phi) is 3.93. The Balaban J connectivity index is 2.09. The molecule has 104 valence electrons. The summed E-state index contributed by atoms with van der Waals surface area (Å²) in [6, 6.07) is 2.04. The molecule has 0 spiro atoms. The third-order valence-electron chi connectivity index (χ3n) is 3.43. The fourth-order valence-corrected chi connectivity index (χ4v) is 2.28. The van der Waals surface area contributed by atoms with Crippen molar-refractivity contribution in [2.45, 2.75) is 38.2 Å². The number of hydrogen-bond donors (Lipinski definition) is 0. The van der Waals surface area contributed by atoms with Gasteiger partial charge in [0, 0.05) is 6.54 Å². The molecule has 1 saturated heterocycles. The van der Waals surface area contributed by atoms with Gasteiger partial charge in [-0.3, -0.25) is 4.79 Å². The second-order valence-corrected chi connectivity index (χ2v) is 5.47. The lowest BCUT2D eigenvalue weighted by Gasteiger charge is -2.31. The van der Waals surface area contributed by atoms with Gasteiger partial charge in [-0.15, -0.1) is 0 Å². The van der Waals surface area contributed by atoms with Gasteiger partial charge in [0.05, 0.1) is 18.0 Å². The van der Waals surface area contributed by atoms with Crippen molar-refractivity contribution in [2.24, 2.45) is 0 Å². The van der Waals surface area contributed by atoms with Crippen LogP contribution in [0.2, 0.25) is 0 Å². The molecule has 2 heterocycles. The molecule has 1 fully saturated rings. The second-order valence-electron chi connectivity index (χ2n) is 5.47. The maximum atomic E-state index is 12.5. The minimum absolute atomic E-state index is 0.0598. The average molecular weight is 272 g/mol. The van der Waals surface area contributed by atoms with Crippen LogP contribution in [-0.2, 0) is 4.79 Å². The van der Waals surface area contributed by atoms with E-state index in [0.29, 0.717) is 5.56 Å². The molecule has 1 amide bonds. The minimum Gasteiger partial charge on any atom is -0.447 e. The first-order valence-corrected chi connectivity index (χ1v) is 6.66. The van der Waals surface area contributed by atoms with E-state index >= 15 is 0 Å². The fraction of sp³-hybridized carbons (Fsp3) is 0.538. The Labute approximate surface area is 119 Å². The lowest BCUT2D eigenvalue weighted by molar-refractivity contribution is -0.145. The summed E-state index contributed by atoms with van der Waals surface area (Å²) in [7, 11) is 2.04. The van der Waals surface area contributed by atoms with Crippen LogP contribution in [-0.4, -0.2) is 46.7 Å². The maximum absolute atomic E-state index is 12.5. The van der Waals surface area contributed by atoms with Gasteiger partial charge in [0.2, 0.25) is 0 Å². The summed E-state index contributed by atoms with van der Waals surface area (Å²) in [5.74, 6) is 0.183. The highest BCUT2D eigenvalue weighted by molar-refractivity contribution is 6.13. The summed E-state index contributed by atoms with van der Waals surface area (Å²) < 4.78 is 5.60. The number of hydrogen-bond acceptors (Lipinski definition) is 5. The zero-order chi connectivity index (χ0) is 14.8. The number of likely N-dealkylation sites (tertiary alicyclic amines) is 1. The summed E-state index contributed by atoms with van der Waals surface area (Å²) >= 11 is 0. The van der Waals surface area contributed by atoms with Crippen molar-refractivity contribution in [1.29, 1.82) is 5.26 Å². The van der Waals surface area contributed by atoms with E-state index < -0.39 is 5.60 Å². The van der Waals surface area contributed by atoms with Gasteiger partial charge in [-0.2, -0.15) is 5.26 Å². The summed E-state index contributed by atoms with van der Waals surface area (Å²) in [6.45, 7) is 4.19. The molecule has 1 aliphatic rings. The molecular formula is C13H17BN4O2. The molecule has 0 unspecified atom stereocenters. The Hall–Kier alpha value is -2.10. The number of carbonyl (C=O) groups is 1. The third-order valence-corrected chi connectivity index (χ3v) is 3.43. The number of aromatic nitrogens is 2. The summed E-state index contributed by atoms with van der Waals surface area (Å²) in [4.78, 5) is 22.2. The van der Waals surface area contributed by atoms with Gasteiger partial charge in [0.25, 0.3) is 5.91 Å². The first kappa shape index (κ1) is 14.3. The predicted molar refractivity (Wildman–Crippen MR) is 74.7 cm³/mol. The highest BCUT2D eigenvalue weighted by atomic mass is 16.5. The molecule has 0 aliphatic carbocycles. The van der Waals surface area contributed by atoms with E-state index in [9.17, 15) is 4.79 Å². The molecule has 0 bridgehead atoms. The van der Waals surface area contributed by atoms with Gasteiger partial charge in [-0.1, -0.05) is 0 Å². The van der Waals surface area contributed by atoms with Gasteiger partial charge >= 0.3 is 6.01 Å². The largest absolute Gasteiger partial charge is 0.447 e. The lowest BCUT2D eigenvalue weighted by atomic mass is 9.93. The van der Waals surface area contributed by atoms with Crippen LogP contribution in [0.4, 0.5) is 0 Å². The van der Waals surface area contributed by atoms with Crippen molar-refractivity contribution in [3.63, 3.8) is 0 Å². The van der Waals surface area contributed by atoms with Crippen molar-refractivity contribution >= 4 is 13.8 Å². The van der Waals surface area contributed by atoms with Gasteiger partial charge in [-0.25, -0.2) is 9.97 Å². The van der Waals surface area contributed by atoms with Crippen LogP contribution in [0.15, 0.2) is 12.4 Å². The summed E-state index contributed by atoms with van der Waals surface area (Å²) in [5, 5.41) is 8.69. The van der Waals surface area contributed by atoms with E-state index in [2.05, 4.69) is 9.97 Å². The monoisotopic (exact) mass is 272 g/mol. The molecular weight excluding hydrogens is 255 g/mol. The zero-order valence-corrected chi connectivity index (χ0v) is 12.0. The average Bonchev–Trinajstić information content (AvgIpc) is 2.84. The van der Waals surface area contributed by atoms with E-state index in [-0.39, 0.29) is 17.9 Å². The molecule has 0 radical (unpaired) electrons. The molecule has 0 aromatic carbocycles. The van der Waals surface area contributed by atoms with Crippen LogP contribution >= 0.6 is 0 Å². The topological polar surface area (TPSA) is 79.1 Å². The van der Waals surface area contributed by atoms with Crippen molar-refractivity contribution in [1.82, 2.24) is 14.9 Å². The standard InChI is InChI=1S/C13H17BN4O2/c1-13(2,11(19)18-5-3-4-10(18)14)20-12-16-7-9(6-15)8-17-12/h7-8,10H,3-5,14H2,1-2H3/t10-/m1/s1. The Morgan fingerprint density at radius 3 is 2.70 bits per heavy atom. The smallest absolute Gasteiger partial charge is 0.317 e. The number of rotatable bonds is 3. The molecule has 2 rings (SSSR count). The van der Waals surface area contributed by atoms with Crippen molar-refractivity contribution in [2.75, 3.05) is 6.54 Å². The molecule has 1 aromatic rings. The second kappa shape index (κ2) is 5.49. The number of nitrogens with zero attached hydrogens (tertiary/aromatic N) is 4. The van der Waals surface area contributed by atoms with Crippen LogP contribution in [0.25, 0.3) is 0 Å². The van der Waals surface area contributed by atoms with Crippen molar-refractivity contribution in [3.05, 3.63) is 18.0 Å². The first-order valence-electron chi connectivity index (χ1n) is 6.66. The maximum Gasteiger partial charge on any atom is 0.317 e. The van der Waals surface area contributed by atoms with E-state index in [1.165, 1.54) is 12.4 Å². The number of amides is 1. The van der Waals surface area contributed by atoms with E-state index in [0.717, 1.165) is 19.4 Å². The van der Waals surface area contributed by atoms with Gasteiger partial charge in [0.1, 0.15) is 13.9 Å². The van der Waals surface area contributed by atoms with Crippen molar-refractivity contribution < 1.29 is 9.53 Å². The number of nitriles is 1. The van der Waals surface area contributed by atoms with Crippen LogP contribution in [0.3, 0.4) is 0 Å². The van der Waals surface area contributed by atoms with Crippen LogP contribution in [0.1, 0.15) is 32.3 Å². The minimum atomic E-state index is -1.02. The van der Waals surface area contributed by atoms with Gasteiger partial charge in [0.15, 0.2) is 5.60 Å². The highest BCUT2D eigenvalue weighted by Crippen LogP contribution is 2.22. The molecule has 0 N–H and O–H groups in total. The van der Waals surface area contributed by atoms with E-state index in [4.69, 9.17) is 10.00 Å². The Morgan fingerprint density at radius 2 is 2.20 bits per heavy atom. The summed E-state index contributed by atoms with van der Waals surface area (Å²) in [6.07, 6.45) is 4.80. The highest BCUT2D eigenvalue weighted by Gasteiger charge is 2.38. The molecule has 1 aromatic heterocycles. The van der Waals surface area contributed by atoms with Crippen LogP contribution < -0.4 is 4.74 Å². The zero-order valence-electron chi connectivity index (χ0n) is 12.0. The molecule has 7 heteroatoms. The third kappa shape index (κ3) is 2.90. The normalized spacial score (nSPS) is 18.6. The Bertz CT molecular complexity index is 538. The Morgan fingerprint density at radius 1 is 1.55 bits per heavy atom. The quantitative estimate of drug-likeness (QED) is 0.728. The SMILES string of the molecule is B[C@H]1CCCN1C(=O)C(C)(C)Oc1ncc(C#N)cn1. The fourth-order valence-electron chi connectivity index (χ4n) is 2.28. The van der Waals surface area contributed by atoms with Crippen LogP contribution in [0, 0.1) is 11.3 Å². The van der Waals surface area contributed by atoms with Gasteiger partial charge in [-0.05, 0) is 32.6 Å². The van der Waals surface area contributed by atoms with Crippen LogP contribution in [0.5, 0.6) is 6.01 Å².